The first-order valence-corrected chi connectivity index (χ1v) is 8.49. The number of esters is 1. The Morgan fingerprint density at radius 3 is 2.28 bits per heavy atom. The molecule has 2 aromatic carbocycles. The molecule has 0 fully saturated rings. The summed E-state index contributed by atoms with van der Waals surface area (Å²) in [4.78, 5) is 26.6. The zero-order valence-corrected chi connectivity index (χ0v) is 15.0. The van der Waals surface area contributed by atoms with E-state index in [1.165, 1.54) is 33.1 Å². The Kier molecular flexibility index (Phi) is 4.72. The molecule has 0 aliphatic heterocycles. The van der Waals surface area contributed by atoms with Crippen LogP contribution in [0.4, 0.5) is 0 Å². The minimum Gasteiger partial charge on any atom is -0.493 e. The summed E-state index contributed by atoms with van der Waals surface area (Å²) in [5.74, 6) is 0.157. The summed E-state index contributed by atoms with van der Waals surface area (Å²) in [6.07, 6.45) is 0.244. The second-order valence-corrected chi connectivity index (χ2v) is 6.98. The molecule has 5 nitrogen and oxygen atoms in total. The Morgan fingerprint density at radius 1 is 1.04 bits per heavy atom. The van der Waals surface area contributed by atoms with Crippen LogP contribution in [0, 0.1) is 0 Å². The molecule has 1 atom stereocenters. The average Bonchev–Trinajstić information content (AvgIpc) is 2.92. The van der Waals surface area contributed by atoms with Gasteiger partial charge in [-0.15, -0.1) is 0 Å². The van der Waals surface area contributed by atoms with Gasteiger partial charge in [0.25, 0.3) is 0 Å². The summed E-state index contributed by atoms with van der Waals surface area (Å²) in [7, 11) is 4.34. The molecule has 0 unspecified atom stereocenters. The number of Topliss-reactive ketones (excluding diaryl/α,β-unsaturated/α-hetero) is 1. The van der Waals surface area contributed by atoms with Crippen molar-refractivity contribution in [2.45, 2.75) is 16.1 Å². The second kappa shape index (κ2) is 6.80. The van der Waals surface area contributed by atoms with E-state index in [2.05, 4.69) is 0 Å². The van der Waals surface area contributed by atoms with Crippen molar-refractivity contribution in [1.29, 1.82) is 0 Å². The lowest BCUT2D eigenvalue weighted by molar-refractivity contribution is -0.141. The van der Waals surface area contributed by atoms with Gasteiger partial charge in [-0.05, 0) is 29.8 Å². The fraction of sp³-hybridized carbons (Fsp3) is 0.263. The number of carbonyl (C=O) groups excluding carboxylic acids is 2. The van der Waals surface area contributed by atoms with Crippen molar-refractivity contribution in [3.8, 4) is 11.5 Å². The van der Waals surface area contributed by atoms with E-state index >= 15 is 0 Å². The predicted molar refractivity (Wildman–Crippen MR) is 94.6 cm³/mol. The summed E-state index contributed by atoms with van der Waals surface area (Å²) in [5.41, 5.74) is 1.21. The molecule has 0 saturated heterocycles. The monoisotopic (exact) mass is 358 g/mol. The summed E-state index contributed by atoms with van der Waals surface area (Å²) in [5, 5.41) is 0. The molecule has 0 aromatic heterocycles. The molecule has 0 radical (unpaired) electrons. The van der Waals surface area contributed by atoms with Gasteiger partial charge in [-0.2, -0.15) is 0 Å². The molecule has 1 aliphatic carbocycles. The molecule has 130 valence electrons. The fourth-order valence-electron chi connectivity index (χ4n) is 2.99. The number of hydrogen-bond acceptors (Lipinski definition) is 6. The third-order valence-corrected chi connectivity index (χ3v) is 5.56. The molecule has 3 rings (SSSR count). The Balaban J connectivity index is 2.08. The van der Waals surface area contributed by atoms with Crippen LogP contribution in [-0.4, -0.2) is 37.8 Å². The van der Waals surface area contributed by atoms with E-state index in [1.807, 2.05) is 30.3 Å². The first-order chi connectivity index (χ1) is 12.1. The van der Waals surface area contributed by atoms with E-state index in [9.17, 15) is 9.59 Å². The number of benzene rings is 2. The molecule has 0 amide bonds. The van der Waals surface area contributed by atoms with Crippen molar-refractivity contribution in [3.05, 3.63) is 53.6 Å². The Labute approximate surface area is 150 Å². The van der Waals surface area contributed by atoms with Crippen molar-refractivity contribution >= 4 is 23.5 Å². The van der Waals surface area contributed by atoms with Crippen molar-refractivity contribution < 1.29 is 23.8 Å². The normalized spacial score (nSPS) is 18.6. The number of fused-ring (bicyclic) bond motifs is 1. The Morgan fingerprint density at radius 2 is 1.68 bits per heavy atom. The molecule has 0 bridgehead atoms. The highest BCUT2D eigenvalue weighted by atomic mass is 32.2. The Bertz CT molecular complexity index is 818. The van der Waals surface area contributed by atoms with Gasteiger partial charge < -0.3 is 14.2 Å². The molecular weight excluding hydrogens is 340 g/mol. The highest BCUT2D eigenvalue weighted by Crippen LogP contribution is 2.47. The molecular formula is C19H18O5S. The summed E-state index contributed by atoms with van der Waals surface area (Å²) in [6, 6.07) is 12.7. The number of hydrogen-bond donors (Lipinski definition) is 0. The van der Waals surface area contributed by atoms with E-state index in [-0.39, 0.29) is 12.2 Å². The number of ether oxygens (including phenoxy) is 3. The van der Waals surface area contributed by atoms with E-state index in [4.69, 9.17) is 14.2 Å². The van der Waals surface area contributed by atoms with Gasteiger partial charge in [0.15, 0.2) is 22.0 Å². The van der Waals surface area contributed by atoms with Gasteiger partial charge in [0.05, 0.1) is 21.3 Å². The van der Waals surface area contributed by atoms with Crippen LogP contribution in [0.25, 0.3) is 0 Å². The molecule has 0 saturated carbocycles. The second-order valence-electron chi connectivity index (χ2n) is 5.60. The van der Waals surface area contributed by atoms with Crippen molar-refractivity contribution in [3.63, 3.8) is 0 Å². The van der Waals surface area contributed by atoms with Gasteiger partial charge in [-0.3, -0.25) is 9.59 Å². The maximum atomic E-state index is 13.2. The number of rotatable bonds is 5. The smallest absolute Gasteiger partial charge is 0.330 e. The van der Waals surface area contributed by atoms with Crippen LogP contribution in [0.2, 0.25) is 0 Å². The standard InChI is InChI=1S/C19H18O5S/c1-22-15-9-12-11-19(18(21)24-3,25-13-7-5-4-6-8-13)17(20)14(12)10-16(15)23-2/h4-10H,11H2,1-3H3/t19-/m0/s1. The molecule has 6 heteroatoms. The fourth-order valence-corrected chi connectivity index (χ4v) is 4.28. The first kappa shape index (κ1) is 17.4. The highest BCUT2D eigenvalue weighted by Gasteiger charge is 2.54. The van der Waals surface area contributed by atoms with Gasteiger partial charge in [0, 0.05) is 16.9 Å². The summed E-state index contributed by atoms with van der Waals surface area (Å²) < 4.78 is 14.2. The Hall–Kier alpha value is -2.47. The lowest BCUT2D eigenvalue weighted by Gasteiger charge is -2.23. The zero-order valence-electron chi connectivity index (χ0n) is 14.2. The van der Waals surface area contributed by atoms with Crippen LogP contribution in [-0.2, 0) is 16.0 Å². The van der Waals surface area contributed by atoms with Gasteiger partial charge >= 0.3 is 5.97 Å². The third-order valence-electron chi connectivity index (χ3n) is 4.21. The first-order valence-electron chi connectivity index (χ1n) is 7.68. The lowest BCUT2D eigenvalue weighted by atomic mass is 10.0. The van der Waals surface area contributed by atoms with Gasteiger partial charge in [-0.25, -0.2) is 0 Å². The lowest BCUT2D eigenvalue weighted by Crippen LogP contribution is -2.42. The molecule has 25 heavy (non-hydrogen) atoms. The van der Waals surface area contributed by atoms with Crippen LogP contribution in [0.3, 0.4) is 0 Å². The van der Waals surface area contributed by atoms with E-state index in [0.717, 1.165) is 10.5 Å². The number of thioether (sulfide) groups is 1. The maximum absolute atomic E-state index is 13.2. The van der Waals surface area contributed by atoms with E-state index < -0.39 is 10.7 Å². The predicted octanol–water partition coefficient (Wildman–Crippen LogP) is 3.15. The van der Waals surface area contributed by atoms with Gasteiger partial charge in [-0.1, -0.05) is 30.0 Å². The van der Waals surface area contributed by atoms with Gasteiger partial charge in [0.2, 0.25) is 0 Å². The summed E-state index contributed by atoms with van der Waals surface area (Å²) >= 11 is 1.22. The van der Waals surface area contributed by atoms with Crippen LogP contribution < -0.4 is 9.47 Å². The third kappa shape index (κ3) is 2.87. The van der Waals surface area contributed by atoms with Crippen LogP contribution in [0.5, 0.6) is 11.5 Å². The highest BCUT2D eigenvalue weighted by molar-refractivity contribution is 8.02. The number of ketones is 1. The van der Waals surface area contributed by atoms with Crippen molar-refractivity contribution in [2.24, 2.45) is 0 Å². The SMILES string of the molecule is COC(=O)[C@]1(Sc2ccccc2)Cc2cc(OC)c(OC)cc2C1=O. The van der Waals surface area contributed by atoms with E-state index in [0.29, 0.717) is 17.1 Å². The van der Waals surface area contributed by atoms with E-state index in [1.54, 1.807) is 12.1 Å². The number of carbonyl (C=O) groups is 2. The van der Waals surface area contributed by atoms with Crippen molar-refractivity contribution in [2.75, 3.05) is 21.3 Å². The average molecular weight is 358 g/mol. The minimum absolute atomic E-state index is 0.244. The number of methoxy groups -OCH3 is 3. The van der Waals surface area contributed by atoms with Crippen LogP contribution in [0.15, 0.2) is 47.4 Å². The van der Waals surface area contributed by atoms with Crippen molar-refractivity contribution in [1.82, 2.24) is 0 Å². The topological polar surface area (TPSA) is 61.8 Å². The van der Waals surface area contributed by atoms with Gasteiger partial charge in [0.1, 0.15) is 0 Å². The quantitative estimate of drug-likeness (QED) is 0.604. The molecule has 0 heterocycles. The molecule has 0 N–H and O–H groups in total. The van der Waals surface area contributed by atoms with Crippen LogP contribution >= 0.6 is 11.8 Å². The molecule has 0 spiro atoms. The molecule has 1 aliphatic rings. The largest absolute Gasteiger partial charge is 0.493 e. The minimum atomic E-state index is -1.34. The zero-order chi connectivity index (χ0) is 18.0. The van der Waals surface area contributed by atoms with Crippen LogP contribution in [0.1, 0.15) is 15.9 Å². The molecule has 2 aromatic rings. The summed E-state index contributed by atoms with van der Waals surface area (Å²) in [6.45, 7) is 0. The maximum Gasteiger partial charge on any atom is 0.330 e.